The highest BCUT2D eigenvalue weighted by Gasteiger charge is 2.30. The first-order valence-electron chi connectivity index (χ1n) is 6.32. The van der Waals surface area contributed by atoms with Gasteiger partial charge in [0.2, 0.25) is 0 Å². The molecule has 0 bridgehead atoms. The van der Waals surface area contributed by atoms with Gasteiger partial charge in [0.25, 0.3) is 0 Å². The van der Waals surface area contributed by atoms with Crippen molar-refractivity contribution in [3.8, 4) is 0 Å². The fraction of sp³-hybridized carbons (Fsp3) is 0.643. The van der Waals surface area contributed by atoms with E-state index in [0.29, 0.717) is 0 Å². The molecule has 1 fully saturated rings. The molecule has 0 saturated heterocycles. The normalized spacial score (nSPS) is 19.3. The van der Waals surface area contributed by atoms with Gasteiger partial charge in [-0.25, -0.2) is 0 Å². The summed E-state index contributed by atoms with van der Waals surface area (Å²) in [5, 5.41) is 0. The van der Waals surface area contributed by atoms with Crippen LogP contribution >= 0.6 is 0 Å². The largest absolute Gasteiger partial charge is 0.257 e. The quantitative estimate of drug-likeness (QED) is 0.715. The van der Waals surface area contributed by atoms with Crippen LogP contribution in [0.1, 0.15) is 60.2 Å². The Morgan fingerprint density at radius 2 is 2.07 bits per heavy atom. The highest BCUT2D eigenvalue weighted by atomic mass is 14.7. The molecule has 0 amide bonds. The lowest BCUT2D eigenvalue weighted by Crippen LogP contribution is -2.04. The summed E-state index contributed by atoms with van der Waals surface area (Å²) >= 11 is 0. The van der Waals surface area contributed by atoms with Gasteiger partial charge in [0.1, 0.15) is 0 Å². The molecular formula is C14H19N. The molecule has 0 aliphatic heterocycles. The van der Waals surface area contributed by atoms with Crippen molar-refractivity contribution in [2.24, 2.45) is 0 Å². The summed E-state index contributed by atoms with van der Waals surface area (Å²) < 4.78 is 0. The SMILES string of the molecule is CCc1nc2c(c(C)c1C1CC1)CCC2. The third kappa shape index (κ3) is 1.40. The van der Waals surface area contributed by atoms with E-state index in [4.69, 9.17) is 4.98 Å². The molecule has 2 aliphatic carbocycles. The summed E-state index contributed by atoms with van der Waals surface area (Å²) in [6, 6.07) is 0. The number of hydrogen-bond acceptors (Lipinski definition) is 1. The number of rotatable bonds is 2. The summed E-state index contributed by atoms with van der Waals surface area (Å²) in [7, 11) is 0. The van der Waals surface area contributed by atoms with Gasteiger partial charge >= 0.3 is 0 Å². The van der Waals surface area contributed by atoms with E-state index in [1.165, 1.54) is 43.5 Å². The molecule has 15 heavy (non-hydrogen) atoms. The van der Waals surface area contributed by atoms with Crippen LogP contribution in [-0.2, 0) is 19.3 Å². The van der Waals surface area contributed by atoms with Crippen molar-refractivity contribution in [2.75, 3.05) is 0 Å². The molecule has 1 aromatic rings. The molecule has 1 saturated carbocycles. The molecule has 0 radical (unpaired) electrons. The minimum Gasteiger partial charge on any atom is -0.257 e. The molecule has 3 rings (SSSR count). The first-order chi connectivity index (χ1) is 7.31. The maximum absolute atomic E-state index is 4.89. The molecular weight excluding hydrogens is 182 g/mol. The van der Waals surface area contributed by atoms with E-state index in [2.05, 4.69) is 13.8 Å². The second kappa shape index (κ2) is 3.33. The van der Waals surface area contributed by atoms with Gasteiger partial charge in [-0.15, -0.1) is 0 Å². The lowest BCUT2D eigenvalue weighted by Gasteiger charge is -2.14. The van der Waals surface area contributed by atoms with Crippen molar-refractivity contribution >= 4 is 0 Å². The molecule has 0 N–H and O–H groups in total. The van der Waals surface area contributed by atoms with Gasteiger partial charge in [-0.3, -0.25) is 4.98 Å². The molecule has 0 atom stereocenters. The van der Waals surface area contributed by atoms with Gasteiger partial charge in [-0.2, -0.15) is 0 Å². The molecule has 0 unspecified atom stereocenters. The Balaban J connectivity index is 2.18. The summed E-state index contributed by atoms with van der Waals surface area (Å²) in [5.74, 6) is 0.860. The number of aryl methyl sites for hydroxylation is 2. The number of aromatic nitrogens is 1. The van der Waals surface area contributed by atoms with E-state index in [0.717, 1.165) is 12.3 Å². The fourth-order valence-electron chi connectivity index (χ4n) is 3.04. The zero-order valence-corrected chi connectivity index (χ0v) is 9.77. The first-order valence-corrected chi connectivity index (χ1v) is 6.32. The minimum absolute atomic E-state index is 0.860. The second-order valence-electron chi connectivity index (χ2n) is 5.00. The smallest absolute Gasteiger partial charge is 0.0441 e. The van der Waals surface area contributed by atoms with Crippen LogP contribution in [-0.4, -0.2) is 4.98 Å². The van der Waals surface area contributed by atoms with Crippen LogP contribution in [0.4, 0.5) is 0 Å². The molecule has 80 valence electrons. The van der Waals surface area contributed by atoms with Crippen LogP contribution < -0.4 is 0 Å². The van der Waals surface area contributed by atoms with E-state index in [1.54, 1.807) is 16.7 Å². The predicted octanol–water partition coefficient (Wildman–Crippen LogP) is 3.32. The fourth-order valence-corrected chi connectivity index (χ4v) is 3.04. The van der Waals surface area contributed by atoms with Gasteiger partial charge in [-0.05, 0) is 68.1 Å². The summed E-state index contributed by atoms with van der Waals surface area (Å²) in [6.07, 6.45) is 7.72. The highest BCUT2D eigenvalue weighted by Crippen LogP contribution is 2.44. The van der Waals surface area contributed by atoms with E-state index in [9.17, 15) is 0 Å². The van der Waals surface area contributed by atoms with Crippen molar-refractivity contribution in [2.45, 2.75) is 58.3 Å². The zero-order valence-electron chi connectivity index (χ0n) is 9.77. The summed E-state index contributed by atoms with van der Waals surface area (Å²) in [6.45, 7) is 4.58. The van der Waals surface area contributed by atoms with Gasteiger partial charge in [0, 0.05) is 11.4 Å². The molecule has 1 aromatic heterocycles. The van der Waals surface area contributed by atoms with E-state index in [1.807, 2.05) is 0 Å². The Morgan fingerprint density at radius 1 is 1.27 bits per heavy atom. The minimum atomic E-state index is 0.860. The van der Waals surface area contributed by atoms with Crippen LogP contribution in [0.5, 0.6) is 0 Å². The Labute approximate surface area is 91.9 Å². The summed E-state index contributed by atoms with van der Waals surface area (Å²) in [5.41, 5.74) is 7.62. The molecule has 0 spiro atoms. The first kappa shape index (κ1) is 9.38. The third-order valence-corrected chi connectivity index (χ3v) is 3.95. The van der Waals surface area contributed by atoms with Crippen LogP contribution in [0.2, 0.25) is 0 Å². The Bertz CT molecular complexity index is 402. The van der Waals surface area contributed by atoms with Crippen LogP contribution in [0.3, 0.4) is 0 Å². The maximum atomic E-state index is 4.89. The van der Waals surface area contributed by atoms with Crippen LogP contribution in [0.25, 0.3) is 0 Å². The van der Waals surface area contributed by atoms with Crippen molar-refractivity contribution in [3.05, 3.63) is 28.1 Å². The molecule has 1 heterocycles. The van der Waals surface area contributed by atoms with Crippen molar-refractivity contribution < 1.29 is 0 Å². The number of fused-ring (bicyclic) bond motifs is 1. The van der Waals surface area contributed by atoms with E-state index >= 15 is 0 Å². The molecule has 1 heteroatoms. The van der Waals surface area contributed by atoms with Crippen molar-refractivity contribution in [1.29, 1.82) is 0 Å². The maximum Gasteiger partial charge on any atom is 0.0441 e. The predicted molar refractivity (Wildman–Crippen MR) is 62.4 cm³/mol. The average molecular weight is 201 g/mol. The van der Waals surface area contributed by atoms with Crippen LogP contribution in [0.15, 0.2) is 0 Å². The Morgan fingerprint density at radius 3 is 2.73 bits per heavy atom. The summed E-state index contributed by atoms with van der Waals surface area (Å²) in [4.78, 5) is 4.89. The number of nitrogens with zero attached hydrogens (tertiary/aromatic N) is 1. The zero-order chi connectivity index (χ0) is 10.4. The lowest BCUT2D eigenvalue weighted by molar-refractivity contribution is 0.884. The third-order valence-electron chi connectivity index (χ3n) is 3.95. The van der Waals surface area contributed by atoms with Crippen LogP contribution in [0, 0.1) is 6.92 Å². The Kier molecular flexibility index (Phi) is 2.08. The number of hydrogen-bond donors (Lipinski definition) is 0. The van der Waals surface area contributed by atoms with Crippen molar-refractivity contribution in [3.63, 3.8) is 0 Å². The van der Waals surface area contributed by atoms with Gasteiger partial charge in [0.15, 0.2) is 0 Å². The number of pyridine rings is 1. The van der Waals surface area contributed by atoms with E-state index in [-0.39, 0.29) is 0 Å². The second-order valence-corrected chi connectivity index (χ2v) is 5.00. The highest BCUT2D eigenvalue weighted by molar-refractivity contribution is 5.45. The van der Waals surface area contributed by atoms with Crippen molar-refractivity contribution in [1.82, 2.24) is 4.98 Å². The topological polar surface area (TPSA) is 12.9 Å². The Hall–Kier alpha value is -0.850. The van der Waals surface area contributed by atoms with Gasteiger partial charge in [-0.1, -0.05) is 6.92 Å². The lowest BCUT2D eigenvalue weighted by atomic mass is 9.96. The average Bonchev–Trinajstić information content (AvgIpc) is 2.95. The molecule has 0 aromatic carbocycles. The standard InChI is InChI=1S/C14H19N/c1-3-12-14(10-7-8-10)9(2)11-5-4-6-13(11)15-12/h10H,3-8H2,1-2H3. The molecule has 1 nitrogen and oxygen atoms in total. The van der Waals surface area contributed by atoms with Gasteiger partial charge < -0.3 is 0 Å². The monoisotopic (exact) mass is 201 g/mol. The van der Waals surface area contributed by atoms with E-state index < -0.39 is 0 Å². The molecule has 2 aliphatic rings. The van der Waals surface area contributed by atoms with Gasteiger partial charge in [0.05, 0.1) is 0 Å².